The van der Waals surface area contributed by atoms with Crippen LogP contribution in [0.15, 0.2) is 48.7 Å². The Labute approximate surface area is 124 Å². The number of aromatic nitrogens is 2. The molecule has 108 valence electrons. The minimum atomic E-state index is 0.623. The van der Waals surface area contributed by atoms with Crippen molar-refractivity contribution in [3.05, 3.63) is 65.6 Å². The number of hydrogen-bond acceptors (Lipinski definition) is 3. The molecule has 3 rings (SSSR count). The molecular weight excluding hydrogens is 262 g/mol. The molecule has 0 bridgehead atoms. The molecule has 0 atom stereocenters. The number of rotatable bonds is 5. The third-order valence-corrected chi connectivity index (χ3v) is 3.62. The lowest BCUT2D eigenvalue weighted by molar-refractivity contribution is 0.414. The van der Waals surface area contributed by atoms with Gasteiger partial charge in [0, 0.05) is 24.7 Å². The van der Waals surface area contributed by atoms with Crippen molar-refractivity contribution >= 4 is 5.65 Å². The first-order valence-electron chi connectivity index (χ1n) is 7.09. The Balaban J connectivity index is 1.96. The Morgan fingerprint density at radius 2 is 1.95 bits per heavy atom. The SMILES string of the molecule is COc1ccc(Cc2nc3ccccn3c2CCN)cc1. The van der Waals surface area contributed by atoms with Crippen molar-refractivity contribution in [3.8, 4) is 5.75 Å². The highest BCUT2D eigenvalue weighted by Gasteiger charge is 2.11. The second-order valence-electron chi connectivity index (χ2n) is 5.00. The number of ether oxygens (including phenoxy) is 1. The number of imidazole rings is 1. The van der Waals surface area contributed by atoms with E-state index >= 15 is 0 Å². The van der Waals surface area contributed by atoms with Crippen LogP contribution in [0.2, 0.25) is 0 Å². The van der Waals surface area contributed by atoms with Crippen molar-refractivity contribution in [2.24, 2.45) is 5.73 Å². The van der Waals surface area contributed by atoms with Gasteiger partial charge in [0.15, 0.2) is 0 Å². The van der Waals surface area contributed by atoms with E-state index in [1.165, 1.54) is 11.3 Å². The van der Waals surface area contributed by atoms with Gasteiger partial charge in [0.05, 0.1) is 12.8 Å². The van der Waals surface area contributed by atoms with Gasteiger partial charge in [-0.15, -0.1) is 0 Å². The molecule has 21 heavy (non-hydrogen) atoms. The van der Waals surface area contributed by atoms with Crippen molar-refractivity contribution in [2.45, 2.75) is 12.8 Å². The van der Waals surface area contributed by atoms with E-state index < -0.39 is 0 Å². The van der Waals surface area contributed by atoms with E-state index in [1.807, 2.05) is 36.5 Å². The smallest absolute Gasteiger partial charge is 0.137 e. The molecular formula is C17H19N3O. The number of fused-ring (bicyclic) bond motifs is 1. The highest BCUT2D eigenvalue weighted by atomic mass is 16.5. The highest BCUT2D eigenvalue weighted by Crippen LogP contribution is 2.19. The average molecular weight is 281 g/mol. The molecule has 0 spiro atoms. The van der Waals surface area contributed by atoms with Crippen LogP contribution in [0.3, 0.4) is 0 Å². The zero-order valence-electron chi connectivity index (χ0n) is 12.1. The van der Waals surface area contributed by atoms with E-state index in [9.17, 15) is 0 Å². The Morgan fingerprint density at radius 1 is 1.14 bits per heavy atom. The molecule has 0 aliphatic rings. The lowest BCUT2D eigenvalue weighted by Crippen LogP contribution is -2.07. The van der Waals surface area contributed by atoms with Crippen molar-refractivity contribution in [3.63, 3.8) is 0 Å². The normalized spacial score (nSPS) is 11.0. The predicted octanol–water partition coefficient (Wildman–Crippen LogP) is 2.43. The number of methoxy groups -OCH3 is 1. The van der Waals surface area contributed by atoms with Gasteiger partial charge in [-0.2, -0.15) is 0 Å². The number of hydrogen-bond donors (Lipinski definition) is 1. The fourth-order valence-electron chi connectivity index (χ4n) is 2.58. The summed E-state index contributed by atoms with van der Waals surface area (Å²) in [5.74, 6) is 0.871. The molecule has 4 heteroatoms. The van der Waals surface area contributed by atoms with E-state index in [0.717, 1.165) is 29.9 Å². The van der Waals surface area contributed by atoms with Gasteiger partial charge in [-0.05, 0) is 36.4 Å². The predicted molar refractivity (Wildman–Crippen MR) is 83.8 cm³/mol. The number of benzene rings is 1. The molecule has 2 heterocycles. The van der Waals surface area contributed by atoms with Crippen LogP contribution in [0.25, 0.3) is 5.65 Å². The topological polar surface area (TPSA) is 52.5 Å². The van der Waals surface area contributed by atoms with Crippen molar-refractivity contribution in [1.82, 2.24) is 9.38 Å². The Morgan fingerprint density at radius 3 is 2.67 bits per heavy atom. The first-order valence-corrected chi connectivity index (χ1v) is 7.09. The molecule has 1 aromatic carbocycles. The van der Waals surface area contributed by atoms with Gasteiger partial charge in [0.25, 0.3) is 0 Å². The van der Waals surface area contributed by atoms with Crippen LogP contribution in [0.4, 0.5) is 0 Å². The maximum absolute atomic E-state index is 5.75. The third-order valence-electron chi connectivity index (χ3n) is 3.62. The third kappa shape index (κ3) is 2.76. The standard InChI is InChI=1S/C17H19N3O/c1-21-14-7-5-13(6-8-14)12-15-16(9-10-18)20-11-3-2-4-17(20)19-15/h2-8,11H,9-10,12,18H2,1H3. The maximum atomic E-state index is 5.75. The van der Waals surface area contributed by atoms with Gasteiger partial charge in [-0.25, -0.2) is 4.98 Å². The van der Waals surface area contributed by atoms with Crippen molar-refractivity contribution < 1.29 is 4.74 Å². The fourth-order valence-corrected chi connectivity index (χ4v) is 2.58. The molecule has 0 saturated carbocycles. The molecule has 0 aliphatic heterocycles. The van der Waals surface area contributed by atoms with Crippen LogP contribution in [-0.4, -0.2) is 23.0 Å². The summed E-state index contributed by atoms with van der Waals surface area (Å²) in [6.45, 7) is 0.623. The summed E-state index contributed by atoms with van der Waals surface area (Å²) >= 11 is 0. The Bertz CT molecular complexity index is 731. The second kappa shape index (κ2) is 5.97. The van der Waals surface area contributed by atoms with Crippen LogP contribution in [0, 0.1) is 0 Å². The molecule has 0 unspecified atom stereocenters. The Hall–Kier alpha value is -2.33. The van der Waals surface area contributed by atoms with E-state index in [1.54, 1.807) is 7.11 Å². The first-order chi connectivity index (χ1) is 10.3. The minimum Gasteiger partial charge on any atom is -0.497 e. The molecule has 4 nitrogen and oxygen atoms in total. The van der Waals surface area contributed by atoms with E-state index in [4.69, 9.17) is 15.5 Å². The first kappa shape index (κ1) is 13.6. The summed E-state index contributed by atoms with van der Waals surface area (Å²) in [5, 5.41) is 0. The average Bonchev–Trinajstić information content (AvgIpc) is 2.86. The molecule has 0 fully saturated rings. The summed E-state index contributed by atoms with van der Waals surface area (Å²) in [5.41, 5.74) is 10.2. The van der Waals surface area contributed by atoms with Gasteiger partial charge < -0.3 is 14.9 Å². The zero-order valence-corrected chi connectivity index (χ0v) is 12.1. The summed E-state index contributed by atoms with van der Waals surface area (Å²) in [7, 11) is 1.68. The molecule has 2 N–H and O–H groups in total. The molecule has 0 saturated heterocycles. The van der Waals surface area contributed by atoms with E-state index in [2.05, 4.69) is 16.5 Å². The van der Waals surface area contributed by atoms with Crippen LogP contribution >= 0.6 is 0 Å². The second-order valence-corrected chi connectivity index (χ2v) is 5.00. The summed E-state index contributed by atoms with van der Waals surface area (Å²) < 4.78 is 7.32. The zero-order chi connectivity index (χ0) is 14.7. The van der Waals surface area contributed by atoms with Gasteiger partial charge >= 0.3 is 0 Å². The molecule has 0 amide bonds. The summed E-state index contributed by atoms with van der Waals surface area (Å²) in [4.78, 5) is 4.75. The maximum Gasteiger partial charge on any atom is 0.137 e. The molecule has 2 aromatic heterocycles. The van der Waals surface area contributed by atoms with Crippen LogP contribution < -0.4 is 10.5 Å². The summed E-state index contributed by atoms with van der Waals surface area (Å²) in [6.07, 6.45) is 3.68. The van der Waals surface area contributed by atoms with Gasteiger partial charge in [-0.1, -0.05) is 18.2 Å². The van der Waals surface area contributed by atoms with Crippen molar-refractivity contribution in [2.75, 3.05) is 13.7 Å². The molecule has 0 radical (unpaired) electrons. The lowest BCUT2D eigenvalue weighted by Gasteiger charge is -2.05. The molecule has 0 aliphatic carbocycles. The fraction of sp³-hybridized carbons (Fsp3) is 0.235. The van der Waals surface area contributed by atoms with E-state index in [-0.39, 0.29) is 0 Å². The van der Waals surface area contributed by atoms with Crippen LogP contribution in [0.5, 0.6) is 5.75 Å². The minimum absolute atomic E-state index is 0.623. The lowest BCUT2D eigenvalue weighted by atomic mass is 10.1. The number of nitrogens with two attached hydrogens (primary N) is 1. The van der Waals surface area contributed by atoms with Crippen LogP contribution in [-0.2, 0) is 12.8 Å². The van der Waals surface area contributed by atoms with E-state index in [0.29, 0.717) is 6.54 Å². The number of pyridine rings is 1. The van der Waals surface area contributed by atoms with Gasteiger partial charge in [-0.3, -0.25) is 0 Å². The van der Waals surface area contributed by atoms with Gasteiger partial charge in [0.2, 0.25) is 0 Å². The largest absolute Gasteiger partial charge is 0.497 e. The van der Waals surface area contributed by atoms with Crippen molar-refractivity contribution in [1.29, 1.82) is 0 Å². The van der Waals surface area contributed by atoms with Crippen LogP contribution in [0.1, 0.15) is 17.0 Å². The monoisotopic (exact) mass is 281 g/mol. The summed E-state index contributed by atoms with van der Waals surface area (Å²) in [6, 6.07) is 14.2. The molecule has 3 aromatic rings. The van der Waals surface area contributed by atoms with Gasteiger partial charge in [0.1, 0.15) is 11.4 Å². The number of nitrogens with zero attached hydrogens (tertiary/aromatic N) is 2. The highest BCUT2D eigenvalue weighted by molar-refractivity contribution is 5.44. The quantitative estimate of drug-likeness (QED) is 0.781. The Kier molecular flexibility index (Phi) is 3.88.